The molecule has 0 N–H and O–H groups in total. The molecular formula is C22H24F2. The van der Waals surface area contributed by atoms with Crippen LogP contribution in [-0.4, -0.2) is 0 Å². The lowest BCUT2D eigenvalue weighted by atomic mass is 9.78. The highest BCUT2D eigenvalue weighted by atomic mass is 19.2. The van der Waals surface area contributed by atoms with Gasteiger partial charge in [0.2, 0.25) is 0 Å². The highest BCUT2D eigenvalue weighted by molar-refractivity contribution is 5.65. The molecule has 0 bridgehead atoms. The molecule has 1 aliphatic rings. The Balaban J connectivity index is 1.76. The van der Waals surface area contributed by atoms with Crippen molar-refractivity contribution in [2.75, 3.05) is 0 Å². The van der Waals surface area contributed by atoms with Gasteiger partial charge in [0, 0.05) is 5.56 Å². The number of aryl methyl sites for hydroxylation is 1. The Kier molecular flexibility index (Phi) is 5.13. The van der Waals surface area contributed by atoms with Crippen LogP contribution < -0.4 is 0 Å². The van der Waals surface area contributed by atoms with Crippen molar-refractivity contribution >= 4 is 0 Å². The molecule has 0 aliphatic heterocycles. The average Bonchev–Trinajstić information content (AvgIpc) is 2.61. The Labute approximate surface area is 143 Å². The Bertz CT molecular complexity index is 720. The van der Waals surface area contributed by atoms with Crippen LogP contribution in [0.15, 0.2) is 48.6 Å². The highest BCUT2D eigenvalue weighted by Gasteiger charge is 2.21. The van der Waals surface area contributed by atoms with Crippen LogP contribution >= 0.6 is 0 Å². The third-order valence-corrected chi connectivity index (χ3v) is 5.20. The van der Waals surface area contributed by atoms with E-state index in [-0.39, 0.29) is 0 Å². The molecule has 2 aromatic carbocycles. The molecule has 0 saturated heterocycles. The fourth-order valence-electron chi connectivity index (χ4n) is 3.72. The van der Waals surface area contributed by atoms with Crippen molar-refractivity contribution in [1.82, 2.24) is 0 Å². The van der Waals surface area contributed by atoms with Gasteiger partial charge in [-0.2, -0.15) is 0 Å². The number of allylic oxidation sites excluding steroid dienone is 2. The highest BCUT2D eigenvalue weighted by Crippen LogP contribution is 2.37. The Hall–Kier alpha value is -1.96. The third-order valence-electron chi connectivity index (χ3n) is 5.20. The van der Waals surface area contributed by atoms with Gasteiger partial charge >= 0.3 is 0 Å². The van der Waals surface area contributed by atoms with E-state index in [1.165, 1.54) is 31.2 Å². The van der Waals surface area contributed by atoms with E-state index < -0.39 is 11.6 Å². The molecule has 1 saturated carbocycles. The topological polar surface area (TPSA) is 0 Å². The quantitative estimate of drug-likeness (QED) is 0.545. The Morgan fingerprint density at radius 3 is 2.17 bits per heavy atom. The first-order valence-electron chi connectivity index (χ1n) is 8.78. The normalized spacial score (nSPS) is 21.3. The van der Waals surface area contributed by atoms with Gasteiger partial charge in [0.15, 0.2) is 11.6 Å². The summed E-state index contributed by atoms with van der Waals surface area (Å²) in [6.07, 6.45) is 9.32. The lowest BCUT2D eigenvalue weighted by molar-refractivity contribution is 0.376. The second-order valence-corrected chi connectivity index (χ2v) is 6.82. The SMILES string of the molecule is C/C=C\C1CCC(c2ccc(-c3ccc(C)c(F)c3F)cc2)CC1. The molecule has 0 atom stereocenters. The van der Waals surface area contributed by atoms with Crippen LogP contribution in [0.4, 0.5) is 8.78 Å². The van der Waals surface area contributed by atoms with Gasteiger partial charge in [0.1, 0.15) is 0 Å². The van der Waals surface area contributed by atoms with Crippen molar-refractivity contribution in [2.24, 2.45) is 5.92 Å². The van der Waals surface area contributed by atoms with Crippen molar-refractivity contribution in [2.45, 2.75) is 45.4 Å². The maximum atomic E-state index is 14.1. The standard InChI is InChI=1S/C22H24F2/c1-3-4-16-6-8-17(9-7-16)18-10-12-19(13-11-18)20-14-5-15(2)21(23)22(20)24/h3-5,10-14,16-17H,6-9H2,1-2H3/b4-3-. The van der Waals surface area contributed by atoms with Gasteiger partial charge in [-0.15, -0.1) is 0 Å². The number of hydrogen-bond donors (Lipinski definition) is 0. The maximum Gasteiger partial charge on any atom is 0.166 e. The molecule has 0 radical (unpaired) electrons. The van der Waals surface area contributed by atoms with E-state index in [2.05, 4.69) is 31.2 Å². The lowest BCUT2D eigenvalue weighted by Gasteiger charge is -2.27. The number of benzene rings is 2. The van der Waals surface area contributed by atoms with Gasteiger partial charge in [0.05, 0.1) is 0 Å². The zero-order valence-electron chi connectivity index (χ0n) is 14.4. The van der Waals surface area contributed by atoms with Crippen molar-refractivity contribution in [1.29, 1.82) is 0 Å². The molecule has 1 fully saturated rings. The average molecular weight is 326 g/mol. The summed E-state index contributed by atoms with van der Waals surface area (Å²) in [4.78, 5) is 0. The van der Waals surface area contributed by atoms with Crippen molar-refractivity contribution in [3.05, 3.63) is 71.3 Å². The van der Waals surface area contributed by atoms with Crippen molar-refractivity contribution in [3.63, 3.8) is 0 Å². The van der Waals surface area contributed by atoms with Gasteiger partial charge in [-0.3, -0.25) is 0 Å². The first-order chi connectivity index (χ1) is 11.6. The summed E-state index contributed by atoms with van der Waals surface area (Å²) in [6.45, 7) is 3.66. The minimum absolute atomic E-state index is 0.335. The first-order valence-corrected chi connectivity index (χ1v) is 8.78. The summed E-state index contributed by atoms with van der Waals surface area (Å²) in [5.74, 6) is -0.205. The van der Waals surface area contributed by atoms with Gasteiger partial charge in [-0.05, 0) is 68.1 Å². The molecule has 0 aromatic heterocycles. The summed E-state index contributed by atoms with van der Waals surface area (Å²) in [6, 6.07) is 11.3. The molecule has 3 rings (SSSR count). The van der Waals surface area contributed by atoms with Gasteiger partial charge in [-0.1, -0.05) is 48.6 Å². The minimum Gasteiger partial charge on any atom is -0.203 e. The van der Waals surface area contributed by atoms with Crippen LogP contribution in [0.3, 0.4) is 0 Å². The van der Waals surface area contributed by atoms with E-state index in [4.69, 9.17) is 0 Å². The van der Waals surface area contributed by atoms with Crippen LogP contribution in [-0.2, 0) is 0 Å². The number of rotatable bonds is 3. The van der Waals surface area contributed by atoms with Crippen LogP contribution in [0.2, 0.25) is 0 Å². The van der Waals surface area contributed by atoms with Crippen LogP contribution in [0.25, 0.3) is 11.1 Å². The van der Waals surface area contributed by atoms with E-state index in [0.29, 0.717) is 17.0 Å². The predicted molar refractivity (Wildman–Crippen MR) is 96.0 cm³/mol. The Morgan fingerprint density at radius 1 is 0.875 bits per heavy atom. The van der Waals surface area contributed by atoms with Crippen LogP contribution in [0.1, 0.15) is 49.7 Å². The van der Waals surface area contributed by atoms with Gasteiger partial charge in [0.25, 0.3) is 0 Å². The van der Waals surface area contributed by atoms with Crippen molar-refractivity contribution < 1.29 is 8.78 Å². The van der Waals surface area contributed by atoms with Gasteiger partial charge < -0.3 is 0 Å². The minimum atomic E-state index is -0.755. The molecule has 24 heavy (non-hydrogen) atoms. The number of halogens is 2. The molecule has 0 nitrogen and oxygen atoms in total. The van der Waals surface area contributed by atoms with E-state index in [9.17, 15) is 8.78 Å². The maximum absolute atomic E-state index is 14.1. The monoisotopic (exact) mass is 326 g/mol. The molecule has 0 amide bonds. The van der Waals surface area contributed by atoms with Gasteiger partial charge in [-0.25, -0.2) is 8.78 Å². The summed E-state index contributed by atoms with van der Waals surface area (Å²) < 4.78 is 27.9. The predicted octanol–water partition coefficient (Wildman–Crippen LogP) is 6.79. The summed E-state index contributed by atoms with van der Waals surface area (Å²) in [7, 11) is 0. The van der Waals surface area contributed by atoms with Crippen LogP contribution in [0.5, 0.6) is 0 Å². The Morgan fingerprint density at radius 2 is 1.54 bits per heavy atom. The van der Waals surface area contributed by atoms with Crippen molar-refractivity contribution in [3.8, 4) is 11.1 Å². The smallest absolute Gasteiger partial charge is 0.166 e. The molecule has 2 heteroatoms. The molecule has 2 aromatic rings. The summed E-state index contributed by atoms with van der Waals surface area (Å²) >= 11 is 0. The van der Waals surface area contributed by atoms with E-state index in [0.717, 1.165) is 11.5 Å². The van der Waals surface area contributed by atoms with E-state index in [1.54, 1.807) is 19.1 Å². The van der Waals surface area contributed by atoms with E-state index >= 15 is 0 Å². The molecule has 1 aliphatic carbocycles. The number of hydrogen-bond acceptors (Lipinski definition) is 0. The van der Waals surface area contributed by atoms with E-state index in [1.807, 2.05) is 12.1 Å². The lowest BCUT2D eigenvalue weighted by Crippen LogP contribution is -2.11. The fourth-order valence-corrected chi connectivity index (χ4v) is 3.72. The second-order valence-electron chi connectivity index (χ2n) is 6.82. The molecule has 0 spiro atoms. The molecule has 126 valence electrons. The zero-order valence-corrected chi connectivity index (χ0v) is 14.4. The summed E-state index contributed by atoms with van der Waals surface area (Å²) in [5, 5.41) is 0. The molecular weight excluding hydrogens is 302 g/mol. The third kappa shape index (κ3) is 3.43. The van der Waals surface area contributed by atoms with Crippen LogP contribution in [0, 0.1) is 24.5 Å². The molecule has 0 heterocycles. The second kappa shape index (κ2) is 7.29. The largest absolute Gasteiger partial charge is 0.203 e. The molecule has 0 unspecified atom stereocenters. The summed E-state index contributed by atoms with van der Waals surface area (Å²) in [5.41, 5.74) is 2.72. The zero-order chi connectivity index (χ0) is 17.1. The first kappa shape index (κ1) is 16.9. The fraction of sp³-hybridized carbons (Fsp3) is 0.364.